The normalized spacial score (nSPS) is 19.1. The highest BCUT2D eigenvalue weighted by molar-refractivity contribution is 6.36. The number of fused-ring (bicyclic) bond motifs is 9. The number of aromatic amines is 1. The standard InChI is InChI=1S/C35H37N5O6/c1-34(2,3)46-33(43)38-14-12-20(13-15-38)37-32(42)45-19-35(44)17-39-24-10-6-4-8-21(24)26-23-16-36-31(41)28(23)27-22-9-5-7-11-25(22)40(18-35)30(27)29(26)39/h4-11,16,20,36,41,44H,12-15,17-19H2,1-3H3,(H,37,42). The topological polar surface area (TPSA) is 134 Å². The lowest BCUT2D eigenvalue weighted by Crippen LogP contribution is -2.49. The molecule has 238 valence electrons. The van der Waals surface area contributed by atoms with Crippen molar-refractivity contribution in [2.24, 2.45) is 0 Å². The molecule has 0 spiro atoms. The Balaban J connectivity index is 1.11. The summed E-state index contributed by atoms with van der Waals surface area (Å²) in [5, 5.41) is 31.9. The zero-order valence-corrected chi connectivity index (χ0v) is 26.1. The molecule has 11 nitrogen and oxygen atoms in total. The average Bonchev–Trinajstić information content (AvgIpc) is 3.62. The number of carbonyl (C=O) groups is 2. The first kappa shape index (κ1) is 28.6. The zero-order valence-electron chi connectivity index (χ0n) is 26.1. The van der Waals surface area contributed by atoms with E-state index in [1.54, 1.807) is 4.90 Å². The number of piperidine rings is 1. The summed E-state index contributed by atoms with van der Waals surface area (Å²) in [6.07, 6.45) is 2.06. The van der Waals surface area contributed by atoms with Crippen LogP contribution in [0.5, 0.6) is 5.88 Å². The number of likely N-dealkylation sites (tertiary alicyclic amines) is 1. The molecule has 0 saturated carbocycles. The molecule has 3 aromatic carbocycles. The van der Waals surface area contributed by atoms with Gasteiger partial charge in [0, 0.05) is 63.3 Å². The number of para-hydroxylation sites is 2. The van der Waals surface area contributed by atoms with E-state index in [1.165, 1.54) is 0 Å². The van der Waals surface area contributed by atoms with Crippen molar-refractivity contribution in [3.05, 3.63) is 54.7 Å². The lowest BCUT2D eigenvalue weighted by Gasteiger charge is -2.34. The number of hydrogen-bond acceptors (Lipinski definition) is 6. The van der Waals surface area contributed by atoms with Gasteiger partial charge in [-0.1, -0.05) is 36.4 Å². The minimum absolute atomic E-state index is 0.105. The molecule has 46 heavy (non-hydrogen) atoms. The lowest BCUT2D eigenvalue weighted by atomic mass is 10.0. The third kappa shape index (κ3) is 4.44. The van der Waals surface area contributed by atoms with E-state index in [0.717, 1.165) is 54.4 Å². The van der Waals surface area contributed by atoms with Gasteiger partial charge in [0.05, 0.1) is 29.5 Å². The van der Waals surface area contributed by atoms with E-state index in [9.17, 15) is 19.8 Å². The van der Waals surface area contributed by atoms with Gasteiger partial charge in [0.15, 0.2) is 5.88 Å². The summed E-state index contributed by atoms with van der Waals surface area (Å²) in [5.74, 6) is 0.105. The summed E-state index contributed by atoms with van der Waals surface area (Å²) in [5.41, 5.74) is 1.75. The number of hydrogen-bond donors (Lipinski definition) is 4. The van der Waals surface area contributed by atoms with Crippen molar-refractivity contribution in [3.8, 4) is 5.88 Å². The fraction of sp³-hybridized carbons (Fsp3) is 0.371. The molecular weight excluding hydrogens is 586 g/mol. The molecule has 2 aliphatic heterocycles. The third-order valence-corrected chi connectivity index (χ3v) is 9.39. The van der Waals surface area contributed by atoms with Gasteiger partial charge in [-0.2, -0.15) is 0 Å². The molecule has 4 N–H and O–H groups in total. The van der Waals surface area contributed by atoms with Gasteiger partial charge in [-0.3, -0.25) is 0 Å². The van der Waals surface area contributed by atoms with E-state index in [2.05, 4.69) is 25.5 Å². The Morgan fingerprint density at radius 1 is 0.913 bits per heavy atom. The highest BCUT2D eigenvalue weighted by Crippen LogP contribution is 2.48. The highest BCUT2D eigenvalue weighted by atomic mass is 16.6. The third-order valence-electron chi connectivity index (χ3n) is 9.39. The van der Waals surface area contributed by atoms with Gasteiger partial charge in [-0.05, 0) is 45.7 Å². The van der Waals surface area contributed by atoms with E-state index in [0.29, 0.717) is 25.9 Å². The van der Waals surface area contributed by atoms with E-state index >= 15 is 0 Å². The Hall–Kier alpha value is -4.90. The molecule has 2 aliphatic rings. The van der Waals surface area contributed by atoms with Gasteiger partial charge in [-0.15, -0.1) is 0 Å². The molecule has 6 aromatic rings. The van der Waals surface area contributed by atoms with Crippen LogP contribution in [0.25, 0.3) is 54.4 Å². The average molecular weight is 624 g/mol. The molecule has 3 aromatic heterocycles. The fourth-order valence-corrected chi connectivity index (χ4v) is 7.49. The Kier molecular flexibility index (Phi) is 6.24. The quantitative estimate of drug-likeness (QED) is 0.192. The SMILES string of the molecule is CC(C)(C)OC(=O)N1CCC(NC(=O)OCC2(O)Cn3c4ccccc4c4c5c[nH]c(O)c5c5c6ccccc6n(c5c43)C2)CC1. The van der Waals surface area contributed by atoms with Gasteiger partial charge < -0.3 is 44.0 Å². The van der Waals surface area contributed by atoms with Crippen LogP contribution < -0.4 is 5.32 Å². The number of aromatic nitrogens is 3. The van der Waals surface area contributed by atoms with Crippen molar-refractivity contribution < 1.29 is 29.3 Å². The second-order valence-electron chi connectivity index (χ2n) is 13.8. The van der Waals surface area contributed by atoms with Crippen LogP contribution in [-0.2, 0) is 22.6 Å². The number of rotatable bonds is 3. The predicted octanol–water partition coefficient (Wildman–Crippen LogP) is 5.96. The molecule has 1 fully saturated rings. The number of alkyl carbamates (subject to hydrolysis) is 1. The van der Waals surface area contributed by atoms with Crippen LogP contribution in [0.3, 0.4) is 0 Å². The van der Waals surface area contributed by atoms with Gasteiger partial charge >= 0.3 is 12.2 Å². The Bertz CT molecular complexity index is 2200. The Morgan fingerprint density at radius 3 is 2.13 bits per heavy atom. The fourth-order valence-electron chi connectivity index (χ4n) is 7.49. The number of nitrogens with one attached hydrogen (secondary N) is 2. The van der Waals surface area contributed by atoms with Crippen LogP contribution in [0.2, 0.25) is 0 Å². The van der Waals surface area contributed by atoms with Crippen LogP contribution in [0.4, 0.5) is 9.59 Å². The number of ether oxygens (including phenoxy) is 2. The lowest BCUT2D eigenvalue weighted by molar-refractivity contribution is -0.0430. The smallest absolute Gasteiger partial charge is 0.410 e. The summed E-state index contributed by atoms with van der Waals surface area (Å²) >= 11 is 0. The summed E-state index contributed by atoms with van der Waals surface area (Å²) in [6.45, 7) is 6.61. The van der Waals surface area contributed by atoms with Gasteiger partial charge in [0.2, 0.25) is 0 Å². The Morgan fingerprint density at radius 2 is 1.50 bits per heavy atom. The largest absolute Gasteiger partial charge is 0.494 e. The molecule has 11 heteroatoms. The minimum atomic E-state index is -1.45. The van der Waals surface area contributed by atoms with Crippen molar-refractivity contribution in [1.29, 1.82) is 0 Å². The summed E-state index contributed by atoms with van der Waals surface area (Å²) in [7, 11) is 0. The number of H-pyrrole nitrogens is 1. The summed E-state index contributed by atoms with van der Waals surface area (Å²) in [6, 6.07) is 15.9. The maximum Gasteiger partial charge on any atom is 0.410 e. The summed E-state index contributed by atoms with van der Waals surface area (Å²) in [4.78, 5) is 30.2. The molecular formula is C35H37N5O6. The van der Waals surface area contributed by atoms with Crippen LogP contribution in [0.15, 0.2) is 54.7 Å². The number of nitrogens with zero attached hydrogens (tertiary/aromatic N) is 3. The molecule has 0 radical (unpaired) electrons. The molecule has 0 bridgehead atoms. The van der Waals surface area contributed by atoms with Crippen LogP contribution in [-0.4, -0.2) is 78.4 Å². The van der Waals surface area contributed by atoms with Crippen LogP contribution in [0, 0.1) is 0 Å². The predicted molar refractivity (Wildman–Crippen MR) is 176 cm³/mol. The zero-order chi connectivity index (χ0) is 32.0. The highest BCUT2D eigenvalue weighted by Gasteiger charge is 2.38. The second-order valence-corrected chi connectivity index (χ2v) is 13.8. The monoisotopic (exact) mass is 623 g/mol. The van der Waals surface area contributed by atoms with Crippen molar-refractivity contribution in [2.45, 2.75) is 63.9 Å². The molecule has 8 rings (SSSR count). The number of amides is 2. The Labute approximate surface area is 264 Å². The summed E-state index contributed by atoms with van der Waals surface area (Å²) < 4.78 is 15.5. The van der Waals surface area contributed by atoms with E-state index in [4.69, 9.17) is 9.47 Å². The van der Waals surface area contributed by atoms with E-state index < -0.39 is 17.3 Å². The molecule has 2 amide bonds. The van der Waals surface area contributed by atoms with Gasteiger partial charge in [0.25, 0.3) is 0 Å². The molecule has 1 unspecified atom stereocenters. The maximum atomic E-state index is 13.1. The van der Waals surface area contributed by atoms with Gasteiger partial charge in [0.1, 0.15) is 17.8 Å². The van der Waals surface area contributed by atoms with E-state index in [1.807, 2.05) is 69.4 Å². The molecule has 1 saturated heterocycles. The van der Waals surface area contributed by atoms with Crippen molar-refractivity contribution >= 4 is 66.6 Å². The first-order valence-corrected chi connectivity index (χ1v) is 15.8. The van der Waals surface area contributed by atoms with Gasteiger partial charge in [-0.25, -0.2) is 9.59 Å². The number of aliphatic hydroxyl groups is 1. The van der Waals surface area contributed by atoms with Crippen molar-refractivity contribution in [3.63, 3.8) is 0 Å². The van der Waals surface area contributed by atoms with Crippen molar-refractivity contribution in [1.82, 2.24) is 24.3 Å². The minimum Gasteiger partial charge on any atom is -0.494 e. The molecule has 1 atom stereocenters. The second kappa shape index (κ2) is 10.1. The van der Waals surface area contributed by atoms with E-state index in [-0.39, 0.29) is 37.7 Å². The first-order valence-electron chi connectivity index (χ1n) is 15.8. The van der Waals surface area contributed by atoms with Crippen LogP contribution >= 0.6 is 0 Å². The number of aromatic hydroxyl groups is 1. The maximum absolute atomic E-state index is 13.1. The molecule has 0 aliphatic carbocycles. The van der Waals surface area contributed by atoms with Crippen LogP contribution in [0.1, 0.15) is 33.6 Å². The van der Waals surface area contributed by atoms with Crippen molar-refractivity contribution in [2.75, 3.05) is 19.7 Å². The first-order chi connectivity index (χ1) is 22.0. The number of carbonyl (C=O) groups excluding carboxylic acids is 2. The number of benzene rings is 3. The molecule has 5 heterocycles.